The van der Waals surface area contributed by atoms with Crippen LogP contribution < -0.4 is 10.1 Å². The molecule has 7 heteroatoms. The number of fused-ring (bicyclic) bond motifs is 1. The molecule has 1 aromatic carbocycles. The van der Waals surface area contributed by atoms with Gasteiger partial charge in [0.15, 0.2) is 10.8 Å². The number of anilines is 1. The normalized spacial score (nSPS) is 10.8. The Labute approximate surface area is 125 Å². The number of amides is 1. The minimum atomic E-state index is -0.264. The SMILES string of the molecule is CCn1ccc(C(=O)Nc2nc3c(OC)cccc3s2)n1. The first-order valence-corrected chi connectivity index (χ1v) is 7.31. The molecule has 0 aliphatic carbocycles. The van der Waals surface area contributed by atoms with Gasteiger partial charge in [-0.3, -0.25) is 14.8 Å². The highest BCUT2D eigenvalue weighted by Crippen LogP contribution is 2.32. The van der Waals surface area contributed by atoms with Crippen molar-refractivity contribution in [2.45, 2.75) is 13.5 Å². The minimum Gasteiger partial charge on any atom is -0.494 e. The number of methoxy groups -OCH3 is 1. The van der Waals surface area contributed by atoms with Gasteiger partial charge in [-0.05, 0) is 25.1 Å². The zero-order valence-corrected chi connectivity index (χ0v) is 12.5. The fourth-order valence-corrected chi connectivity index (χ4v) is 2.84. The summed E-state index contributed by atoms with van der Waals surface area (Å²) in [5.74, 6) is 0.430. The van der Waals surface area contributed by atoms with Gasteiger partial charge in [0, 0.05) is 12.7 Å². The Morgan fingerprint density at radius 1 is 1.43 bits per heavy atom. The Bertz CT molecular complexity index is 793. The van der Waals surface area contributed by atoms with E-state index in [2.05, 4.69) is 15.4 Å². The van der Waals surface area contributed by atoms with Gasteiger partial charge in [-0.2, -0.15) is 5.10 Å². The van der Waals surface area contributed by atoms with Gasteiger partial charge in [-0.15, -0.1) is 0 Å². The molecule has 1 amide bonds. The maximum atomic E-state index is 12.1. The summed E-state index contributed by atoms with van der Waals surface area (Å²) >= 11 is 1.40. The number of nitrogens with one attached hydrogen (secondary N) is 1. The lowest BCUT2D eigenvalue weighted by molar-refractivity contribution is 0.102. The first-order chi connectivity index (χ1) is 10.2. The van der Waals surface area contributed by atoms with Gasteiger partial charge in [0.2, 0.25) is 0 Å². The Morgan fingerprint density at radius 3 is 3.00 bits per heavy atom. The number of carbonyl (C=O) groups is 1. The number of rotatable bonds is 4. The summed E-state index contributed by atoms with van der Waals surface area (Å²) in [6.07, 6.45) is 1.77. The van der Waals surface area contributed by atoms with Crippen molar-refractivity contribution in [3.05, 3.63) is 36.2 Å². The van der Waals surface area contributed by atoms with Crippen LogP contribution in [0.15, 0.2) is 30.5 Å². The summed E-state index contributed by atoms with van der Waals surface area (Å²) in [5.41, 5.74) is 1.13. The molecular weight excluding hydrogens is 288 g/mol. The highest BCUT2D eigenvalue weighted by molar-refractivity contribution is 7.22. The predicted molar refractivity (Wildman–Crippen MR) is 82.0 cm³/mol. The van der Waals surface area contributed by atoms with Crippen LogP contribution in [-0.4, -0.2) is 27.8 Å². The van der Waals surface area contributed by atoms with Gasteiger partial charge in [-0.25, -0.2) is 4.98 Å². The molecule has 0 unspecified atom stereocenters. The molecule has 2 heterocycles. The van der Waals surface area contributed by atoms with Crippen LogP contribution in [0.4, 0.5) is 5.13 Å². The summed E-state index contributed by atoms with van der Waals surface area (Å²) in [5, 5.41) is 7.48. The van der Waals surface area contributed by atoms with Crippen molar-refractivity contribution in [2.75, 3.05) is 12.4 Å². The lowest BCUT2D eigenvalue weighted by Gasteiger charge is -1.98. The molecule has 3 rings (SSSR count). The number of benzene rings is 1. The van der Waals surface area contributed by atoms with Gasteiger partial charge in [0.1, 0.15) is 11.3 Å². The van der Waals surface area contributed by atoms with Crippen molar-refractivity contribution in [3.8, 4) is 5.75 Å². The van der Waals surface area contributed by atoms with Crippen molar-refractivity contribution >= 4 is 32.6 Å². The minimum absolute atomic E-state index is 0.264. The molecule has 0 saturated heterocycles. The molecule has 0 aliphatic rings. The number of ether oxygens (including phenoxy) is 1. The molecule has 108 valence electrons. The molecule has 0 atom stereocenters. The highest BCUT2D eigenvalue weighted by atomic mass is 32.1. The van der Waals surface area contributed by atoms with Gasteiger partial charge in [-0.1, -0.05) is 17.4 Å². The van der Waals surface area contributed by atoms with Gasteiger partial charge >= 0.3 is 0 Å². The quantitative estimate of drug-likeness (QED) is 0.804. The van der Waals surface area contributed by atoms with Crippen molar-refractivity contribution in [3.63, 3.8) is 0 Å². The van der Waals surface area contributed by atoms with E-state index in [0.29, 0.717) is 16.6 Å². The Morgan fingerprint density at radius 2 is 2.29 bits per heavy atom. The molecule has 0 aliphatic heterocycles. The summed E-state index contributed by atoms with van der Waals surface area (Å²) in [7, 11) is 1.60. The van der Waals surface area contributed by atoms with Crippen LogP contribution in [0.5, 0.6) is 5.75 Å². The standard InChI is InChI=1S/C14H14N4O2S/c1-3-18-8-7-9(17-18)13(19)16-14-15-12-10(20-2)5-4-6-11(12)21-14/h4-8H,3H2,1-2H3,(H,15,16,19). The second kappa shape index (κ2) is 5.53. The average molecular weight is 302 g/mol. The summed E-state index contributed by atoms with van der Waals surface area (Å²) < 4.78 is 7.93. The topological polar surface area (TPSA) is 69.0 Å². The molecule has 0 fully saturated rings. The second-order valence-electron chi connectivity index (χ2n) is 4.34. The smallest absolute Gasteiger partial charge is 0.277 e. The monoisotopic (exact) mass is 302 g/mol. The molecule has 0 radical (unpaired) electrons. The van der Waals surface area contributed by atoms with Gasteiger partial charge < -0.3 is 4.74 Å². The maximum absolute atomic E-state index is 12.1. The highest BCUT2D eigenvalue weighted by Gasteiger charge is 2.14. The van der Waals surface area contributed by atoms with Gasteiger partial charge in [0.05, 0.1) is 11.8 Å². The largest absolute Gasteiger partial charge is 0.494 e. The molecule has 2 aromatic heterocycles. The third-order valence-electron chi connectivity index (χ3n) is 3.02. The molecule has 0 spiro atoms. The molecule has 0 bridgehead atoms. The summed E-state index contributed by atoms with van der Waals surface area (Å²) in [6, 6.07) is 7.37. The summed E-state index contributed by atoms with van der Waals surface area (Å²) in [6.45, 7) is 2.69. The van der Waals surface area contributed by atoms with Crippen LogP contribution in [0, 0.1) is 0 Å². The lowest BCUT2D eigenvalue weighted by atomic mass is 10.3. The third kappa shape index (κ3) is 2.59. The van der Waals surface area contributed by atoms with E-state index in [-0.39, 0.29) is 5.91 Å². The number of nitrogens with zero attached hydrogens (tertiary/aromatic N) is 3. The number of thiazole rings is 1. The number of aromatic nitrogens is 3. The number of aryl methyl sites for hydroxylation is 1. The first kappa shape index (κ1) is 13.6. The van der Waals surface area contributed by atoms with Crippen molar-refractivity contribution in [2.24, 2.45) is 0 Å². The van der Waals surface area contributed by atoms with E-state index >= 15 is 0 Å². The zero-order chi connectivity index (χ0) is 14.8. The molecule has 6 nitrogen and oxygen atoms in total. The Balaban J connectivity index is 1.86. The number of para-hydroxylation sites is 1. The van der Waals surface area contributed by atoms with E-state index in [1.807, 2.05) is 25.1 Å². The molecule has 0 saturated carbocycles. The molecule has 21 heavy (non-hydrogen) atoms. The van der Waals surface area contributed by atoms with E-state index in [9.17, 15) is 4.79 Å². The molecule has 1 N–H and O–H groups in total. The first-order valence-electron chi connectivity index (χ1n) is 6.49. The Hall–Kier alpha value is -2.41. The number of hydrogen-bond donors (Lipinski definition) is 1. The maximum Gasteiger partial charge on any atom is 0.277 e. The van der Waals surface area contributed by atoms with E-state index in [1.54, 1.807) is 24.1 Å². The van der Waals surface area contributed by atoms with Crippen molar-refractivity contribution in [1.82, 2.24) is 14.8 Å². The zero-order valence-electron chi connectivity index (χ0n) is 11.7. The lowest BCUT2D eigenvalue weighted by Crippen LogP contribution is -2.13. The van der Waals surface area contributed by atoms with Crippen LogP contribution in [0.25, 0.3) is 10.2 Å². The van der Waals surface area contributed by atoms with Crippen LogP contribution in [0.3, 0.4) is 0 Å². The Kier molecular flexibility index (Phi) is 3.57. The second-order valence-corrected chi connectivity index (χ2v) is 5.37. The number of carbonyl (C=O) groups excluding carboxylic acids is 1. The van der Waals surface area contributed by atoms with Gasteiger partial charge in [0.25, 0.3) is 5.91 Å². The van der Waals surface area contributed by atoms with Crippen molar-refractivity contribution in [1.29, 1.82) is 0 Å². The third-order valence-corrected chi connectivity index (χ3v) is 3.96. The van der Waals surface area contributed by atoms with Crippen LogP contribution in [0.1, 0.15) is 17.4 Å². The molecular formula is C14H14N4O2S. The van der Waals surface area contributed by atoms with Crippen LogP contribution >= 0.6 is 11.3 Å². The van der Waals surface area contributed by atoms with E-state index in [0.717, 1.165) is 16.8 Å². The number of hydrogen-bond acceptors (Lipinski definition) is 5. The fraction of sp³-hybridized carbons (Fsp3) is 0.214. The van der Waals surface area contributed by atoms with E-state index in [1.165, 1.54) is 11.3 Å². The van der Waals surface area contributed by atoms with Crippen LogP contribution in [-0.2, 0) is 6.54 Å². The predicted octanol–water partition coefficient (Wildman–Crippen LogP) is 2.77. The fourth-order valence-electron chi connectivity index (χ4n) is 1.96. The van der Waals surface area contributed by atoms with E-state index in [4.69, 9.17) is 4.74 Å². The van der Waals surface area contributed by atoms with Crippen LogP contribution in [0.2, 0.25) is 0 Å². The van der Waals surface area contributed by atoms with E-state index < -0.39 is 0 Å². The van der Waals surface area contributed by atoms with Crippen molar-refractivity contribution < 1.29 is 9.53 Å². The summed E-state index contributed by atoms with van der Waals surface area (Å²) in [4.78, 5) is 16.5. The average Bonchev–Trinajstić information content (AvgIpc) is 3.12. The molecule has 3 aromatic rings.